The van der Waals surface area contributed by atoms with Crippen molar-refractivity contribution in [2.45, 2.75) is 26.2 Å². The summed E-state index contributed by atoms with van der Waals surface area (Å²) in [5, 5.41) is 0. The van der Waals surface area contributed by atoms with Crippen LogP contribution in [0.1, 0.15) is 24.0 Å². The van der Waals surface area contributed by atoms with Gasteiger partial charge in [-0.15, -0.1) is 0 Å². The molecule has 1 unspecified atom stereocenters. The zero-order chi connectivity index (χ0) is 15.5. The topological polar surface area (TPSA) is 3.24 Å². The zero-order valence-electron chi connectivity index (χ0n) is 13.1. The first-order valence-electron chi connectivity index (χ1n) is 7.91. The van der Waals surface area contributed by atoms with Crippen LogP contribution in [0.4, 0.5) is 10.1 Å². The molecule has 114 valence electrons. The summed E-state index contributed by atoms with van der Waals surface area (Å²) in [6.07, 6.45) is 3.48. The predicted molar refractivity (Wildman–Crippen MR) is 90.5 cm³/mol. The molecule has 1 fully saturated rings. The molecule has 0 radical (unpaired) electrons. The van der Waals surface area contributed by atoms with Crippen molar-refractivity contribution in [3.05, 3.63) is 77.8 Å². The van der Waals surface area contributed by atoms with Gasteiger partial charge >= 0.3 is 0 Å². The van der Waals surface area contributed by atoms with Gasteiger partial charge in [0, 0.05) is 23.8 Å². The van der Waals surface area contributed by atoms with E-state index in [9.17, 15) is 4.39 Å². The Kier molecular flexibility index (Phi) is 4.28. The highest BCUT2D eigenvalue weighted by Gasteiger charge is 2.30. The number of hydrogen-bond donors (Lipinski definition) is 0. The summed E-state index contributed by atoms with van der Waals surface area (Å²) in [4.78, 5) is 2.18. The molecule has 1 atom stereocenters. The molecule has 1 heterocycles. The average Bonchev–Trinajstić information content (AvgIpc) is 2.53. The minimum Gasteiger partial charge on any atom is -0.345 e. The van der Waals surface area contributed by atoms with E-state index in [4.69, 9.17) is 0 Å². The summed E-state index contributed by atoms with van der Waals surface area (Å²) in [7, 11) is 0. The molecule has 1 saturated heterocycles. The molecule has 0 saturated carbocycles. The lowest BCUT2D eigenvalue weighted by Crippen LogP contribution is -2.43. The highest BCUT2D eigenvalue weighted by Crippen LogP contribution is 2.36. The number of benzene rings is 2. The Labute approximate surface area is 132 Å². The third kappa shape index (κ3) is 3.22. The smallest absolute Gasteiger partial charge is 0.123 e. The van der Waals surface area contributed by atoms with E-state index in [0.717, 1.165) is 24.4 Å². The van der Waals surface area contributed by atoms with E-state index < -0.39 is 0 Å². The highest BCUT2D eigenvalue weighted by molar-refractivity contribution is 5.56. The minimum absolute atomic E-state index is 0.190. The van der Waals surface area contributed by atoms with Crippen LogP contribution in [0.3, 0.4) is 0 Å². The first-order valence-corrected chi connectivity index (χ1v) is 7.91. The summed E-state index contributed by atoms with van der Waals surface area (Å²) in [6, 6.07) is 15.4. The van der Waals surface area contributed by atoms with Gasteiger partial charge in [0.1, 0.15) is 5.82 Å². The van der Waals surface area contributed by atoms with E-state index in [1.54, 1.807) is 0 Å². The third-order valence-electron chi connectivity index (χ3n) is 4.50. The molecule has 1 aliphatic rings. The number of anilines is 1. The second kappa shape index (κ2) is 6.35. The molecule has 1 nitrogen and oxygen atoms in total. The van der Waals surface area contributed by atoms with Crippen LogP contribution in [0.2, 0.25) is 0 Å². The van der Waals surface area contributed by atoms with Gasteiger partial charge in [-0.05, 0) is 56.0 Å². The molecule has 2 aromatic rings. The molecular weight excluding hydrogens is 273 g/mol. The van der Waals surface area contributed by atoms with Crippen molar-refractivity contribution >= 4 is 5.69 Å². The lowest BCUT2D eigenvalue weighted by Gasteiger charge is -2.43. The average molecular weight is 295 g/mol. The molecule has 0 amide bonds. The number of rotatable bonds is 5. The van der Waals surface area contributed by atoms with Gasteiger partial charge in [-0.1, -0.05) is 36.4 Å². The maximum absolute atomic E-state index is 13.0. The number of aryl methyl sites for hydroxylation is 2. The van der Waals surface area contributed by atoms with Gasteiger partial charge in [-0.25, -0.2) is 4.39 Å². The van der Waals surface area contributed by atoms with Crippen molar-refractivity contribution in [1.82, 2.24) is 0 Å². The molecular formula is C20H22FN. The summed E-state index contributed by atoms with van der Waals surface area (Å²) >= 11 is 0. The lowest BCUT2D eigenvalue weighted by molar-refractivity contribution is 0.448. The first-order chi connectivity index (χ1) is 10.6. The summed E-state index contributed by atoms with van der Waals surface area (Å²) in [5.41, 5.74) is 4.92. The van der Waals surface area contributed by atoms with Gasteiger partial charge < -0.3 is 4.90 Å². The van der Waals surface area contributed by atoms with Crippen molar-refractivity contribution in [3.8, 4) is 0 Å². The Balaban J connectivity index is 1.47. The summed E-state index contributed by atoms with van der Waals surface area (Å²) < 4.78 is 13.0. The monoisotopic (exact) mass is 295 g/mol. The molecule has 0 N–H and O–H groups in total. The van der Waals surface area contributed by atoms with E-state index in [-0.39, 0.29) is 5.82 Å². The van der Waals surface area contributed by atoms with Crippen molar-refractivity contribution < 1.29 is 4.39 Å². The second-order valence-electron chi connectivity index (χ2n) is 6.15. The first kappa shape index (κ1) is 14.8. The fraction of sp³-hybridized carbons (Fsp3) is 0.300. The van der Waals surface area contributed by atoms with Crippen molar-refractivity contribution in [2.75, 3.05) is 11.4 Å². The van der Waals surface area contributed by atoms with Gasteiger partial charge in [0.05, 0.1) is 0 Å². The minimum atomic E-state index is -0.190. The predicted octanol–water partition coefficient (Wildman–Crippen LogP) is 5.11. The standard InChI is InChI=1S/C20H22FN/c1-15-6-8-17(9-7-15)4-3-5-18-14-22(16(18)2)20-12-10-19(21)11-13-20/h6-13,18H,2-5,14H2,1H3. The quantitative estimate of drug-likeness (QED) is 0.741. The van der Waals surface area contributed by atoms with Gasteiger partial charge in [0.2, 0.25) is 0 Å². The highest BCUT2D eigenvalue weighted by atomic mass is 19.1. The van der Waals surface area contributed by atoms with Gasteiger partial charge in [-0.2, -0.15) is 0 Å². The maximum Gasteiger partial charge on any atom is 0.123 e. The Morgan fingerprint density at radius 2 is 1.77 bits per heavy atom. The van der Waals surface area contributed by atoms with Crippen LogP contribution >= 0.6 is 0 Å². The van der Waals surface area contributed by atoms with Gasteiger partial charge in [-0.3, -0.25) is 0 Å². The molecule has 0 aliphatic carbocycles. The SMILES string of the molecule is C=C1C(CCCc2ccc(C)cc2)CN1c1ccc(F)cc1. The van der Waals surface area contributed by atoms with Crippen LogP contribution in [0.15, 0.2) is 60.8 Å². The van der Waals surface area contributed by atoms with Crippen LogP contribution < -0.4 is 4.90 Å². The van der Waals surface area contributed by atoms with Crippen molar-refractivity contribution in [1.29, 1.82) is 0 Å². The van der Waals surface area contributed by atoms with Crippen LogP contribution in [-0.4, -0.2) is 6.54 Å². The van der Waals surface area contributed by atoms with Crippen molar-refractivity contribution in [3.63, 3.8) is 0 Å². The molecule has 0 aromatic heterocycles. The maximum atomic E-state index is 13.0. The molecule has 2 aromatic carbocycles. The van der Waals surface area contributed by atoms with E-state index in [1.807, 2.05) is 12.1 Å². The molecule has 0 spiro atoms. The molecule has 1 aliphatic heterocycles. The molecule has 22 heavy (non-hydrogen) atoms. The van der Waals surface area contributed by atoms with Crippen LogP contribution in [-0.2, 0) is 6.42 Å². The number of nitrogens with zero attached hydrogens (tertiary/aromatic N) is 1. The van der Waals surface area contributed by atoms with Gasteiger partial charge in [0.15, 0.2) is 0 Å². The lowest BCUT2D eigenvalue weighted by atomic mass is 9.88. The van der Waals surface area contributed by atoms with E-state index in [1.165, 1.54) is 36.1 Å². The van der Waals surface area contributed by atoms with Crippen LogP contribution in [0, 0.1) is 18.7 Å². The molecule has 3 rings (SSSR count). The van der Waals surface area contributed by atoms with E-state index in [2.05, 4.69) is 42.7 Å². The fourth-order valence-corrected chi connectivity index (χ4v) is 3.01. The zero-order valence-corrected chi connectivity index (χ0v) is 13.1. The van der Waals surface area contributed by atoms with E-state index in [0.29, 0.717) is 5.92 Å². The van der Waals surface area contributed by atoms with E-state index >= 15 is 0 Å². The number of halogens is 1. The largest absolute Gasteiger partial charge is 0.345 e. The Bertz CT molecular complexity index is 642. The third-order valence-corrected chi connectivity index (χ3v) is 4.50. The Hall–Kier alpha value is -2.09. The van der Waals surface area contributed by atoms with Crippen molar-refractivity contribution in [2.24, 2.45) is 5.92 Å². The van der Waals surface area contributed by atoms with Crippen LogP contribution in [0.5, 0.6) is 0 Å². The molecule has 0 bridgehead atoms. The van der Waals surface area contributed by atoms with Crippen LogP contribution in [0.25, 0.3) is 0 Å². The normalized spacial score (nSPS) is 17.5. The Morgan fingerprint density at radius 3 is 2.41 bits per heavy atom. The molecule has 2 heteroatoms. The summed E-state index contributed by atoms with van der Waals surface area (Å²) in [5.74, 6) is 0.375. The Morgan fingerprint density at radius 1 is 1.09 bits per heavy atom. The summed E-state index contributed by atoms with van der Waals surface area (Å²) in [6.45, 7) is 7.31. The second-order valence-corrected chi connectivity index (χ2v) is 6.15. The van der Waals surface area contributed by atoms with Gasteiger partial charge in [0.25, 0.3) is 0 Å². The fourth-order valence-electron chi connectivity index (χ4n) is 3.01. The number of hydrogen-bond acceptors (Lipinski definition) is 1.